The number of benzene rings is 2. The van der Waals surface area contributed by atoms with E-state index in [1.54, 1.807) is 25.3 Å². The second-order valence-corrected chi connectivity index (χ2v) is 6.93. The van der Waals surface area contributed by atoms with E-state index in [9.17, 15) is 4.79 Å². The topological polar surface area (TPSA) is 43.3 Å². The van der Waals surface area contributed by atoms with Gasteiger partial charge in [0.15, 0.2) is 0 Å². The predicted molar refractivity (Wildman–Crippen MR) is 105 cm³/mol. The number of anilines is 1. The van der Waals surface area contributed by atoms with Crippen LogP contribution in [-0.4, -0.2) is 23.3 Å². The molecule has 0 saturated carbocycles. The highest BCUT2D eigenvalue weighted by Crippen LogP contribution is 2.31. The van der Waals surface area contributed by atoms with Crippen molar-refractivity contribution in [3.05, 3.63) is 53.7 Å². The average Bonchev–Trinajstić information content (AvgIpc) is 2.98. The molecule has 4 nitrogen and oxygen atoms in total. The van der Waals surface area contributed by atoms with Crippen LogP contribution in [0.15, 0.2) is 53.6 Å². The Labute approximate surface area is 156 Å². The third-order valence-electron chi connectivity index (χ3n) is 3.89. The monoisotopic (exact) mass is 374 g/mol. The van der Waals surface area contributed by atoms with Gasteiger partial charge in [-0.15, -0.1) is 11.8 Å². The van der Waals surface area contributed by atoms with Gasteiger partial charge in [-0.2, -0.15) is 0 Å². The van der Waals surface area contributed by atoms with Crippen LogP contribution in [0.1, 0.15) is 6.92 Å². The first-order chi connectivity index (χ1) is 12.1. The number of rotatable bonds is 6. The van der Waals surface area contributed by atoms with Gasteiger partial charge < -0.3 is 14.6 Å². The highest BCUT2D eigenvalue weighted by atomic mass is 35.5. The van der Waals surface area contributed by atoms with Crippen LogP contribution in [0.25, 0.3) is 10.9 Å². The Morgan fingerprint density at radius 2 is 2.08 bits per heavy atom. The molecule has 0 aliphatic rings. The van der Waals surface area contributed by atoms with Gasteiger partial charge in [0.2, 0.25) is 5.91 Å². The number of carbonyl (C=O) groups excluding carboxylic acids is 1. The second-order valence-electron chi connectivity index (χ2n) is 5.48. The van der Waals surface area contributed by atoms with Crippen molar-refractivity contribution in [1.82, 2.24) is 4.57 Å². The van der Waals surface area contributed by atoms with Crippen LogP contribution in [0.4, 0.5) is 5.69 Å². The summed E-state index contributed by atoms with van der Waals surface area (Å²) in [5.74, 6) is 0.803. The summed E-state index contributed by atoms with van der Waals surface area (Å²) in [5.41, 5.74) is 1.76. The van der Waals surface area contributed by atoms with Crippen molar-refractivity contribution in [2.24, 2.45) is 0 Å². The number of hydrogen-bond donors (Lipinski definition) is 1. The minimum Gasteiger partial charge on any atom is -0.495 e. The van der Waals surface area contributed by atoms with Crippen molar-refractivity contribution >= 4 is 45.9 Å². The highest BCUT2D eigenvalue weighted by molar-refractivity contribution is 8.00. The molecule has 6 heteroatoms. The first-order valence-electron chi connectivity index (χ1n) is 7.96. The van der Waals surface area contributed by atoms with Crippen LogP contribution < -0.4 is 10.1 Å². The molecule has 3 aromatic rings. The zero-order valence-corrected chi connectivity index (χ0v) is 15.7. The first kappa shape index (κ1) is 17.7. The van der Waals surface area contributed by atoms with Crippen molar-refractivity contribution in [3.63, 3.8) is 0 Å². The smallest absolute Gasteiger partial charge is 0.234 e. The number of nitrogens with zero attached hydrogens (tertiary/aromatic N) is 1. The molecular formula is C19H19ClN2O2S. The molecule has 1 aromatic heterocycles. The molecule has 1 heterocycles. The maximum absolute atomic E-state index is 12.3. The van der Waals surface area contributed by atoms with Gasteiger partial charge in [0.1, 0.15) is 5.75 Å². The maximum atomic E-state index is 12.3. The largest absolute Gasteiger partial charge is 0.495 e. The van der Waals surface area contributed by atoms with Gasteiger partial charge in [-0.3, -0.25) is 4.79 Å². The Hall–Kier alpha value is -2.11. The van der Waals surface area contributed by atoms with Crippen LogP contribution in [0.2, 0.25) is 5.02 Å². The van der Waals surface area contributed by atoms with E-state index >= 15 is 0 Å². The molecule has 0 aliphatic carbocycles. The van der Waals surface area contributed by atoms with Crippen molar-refractivity contribution in [3.8, 4) is 5.75 Å². The van der Waals surface area contributed by atoms with Gasteiger partial charge in [-0.1, -0.05) is 29.8 Å². The Bertz CT molecular complexity index is 908. The van der Waals surface area contributed by atoms with Crippen LogP contribution in [-0.2, 0) is 11.3 Å². The molecular weight excluding hydrogens is 356 g/mol. The van der Waals surface area contributed by atoms with E-state index in [0.717, 1.165) is 11.4 Å². The standard InChI is InChI=1S/C19H19ClN2O2S/c1-3-22-11-18(14-6-4-5-7-16(14)22)25-12-19(23)21-15-10-13(20)8-9-17(15)24-2/h4-11H,3,12H2,1-2H3,(H,21,23). The number of hydrogen-bond acceptors (Lipinski definition) is 3. The number of amides is 1. The van der Waals surface area contributed by atoms with Crippen molar-refractivity contribution in [1.29, 1.82) is 0 Å². The molecule has 0 spiro atoms. The maximum Gasteiger partial charge on any atom is 0.234 e. The van der Waals surface area contributed by atoms with Crippen LogP contribution in [0.5, 0.6) is 5.75 Å². The number of methoxy groups -OCH3 is 1. The summed E-state index contributed by atoms with van der Waals surface area (Å²) in [7, 11) is 1.56. The molecule has 0 radical (unpaired) electrons. The summed E-state index contributed by atoms with van der Waals surface area (Å²) in [5, 5.41) is 4.59. The molecule has 0 saturated heterocycles. The number of halogens is 1. The zero-order chi connectivity index (χ0) is 17.8. The minimum atomic E-state index is -0.0982. The molecule has 1 N–H and O–H groups in total. The summed E-state index contributed by atoms with van der Waals surface area (Å²) in [4.78, 5) is 13.4. The third-order valence-corrected chi connectivity index (χ3v) is 5.17. The number of ether oxygens (including phenoxy) is 1. The molecule has 0 atom stereocenters. The summed E-state index contributed by atoms with van der Waals surface area (Å²) in [6.45, 7) is 3.01. The number of nitrogens with one attached hydrogen (secondary N) is 1. The lowest BCUT2D eigenvalue weighted by Crippen LogP contribution is -2.14. The lowest BCUT2D eigenvalue weighted by Gasteiger charge is -2.10. The van der Waals surface area contributed by atoms with E-state index < -0.39 is 0 Å². The Morgan fingerprint density at radius 3 is 2.84 bits per heavy atom. The number of carbonyl (C=O) groups is 1. The van der Waals surface area contributed by atoms with Crippen LogP contribution in [0.3, 0.4) is 0 Å². The van der Waals surface area contributed by atoms with Gasteiger partial charge >= 0.3 is 0 Å². The summed E-state index contributed by atoms with van der Waals surface area (Å²) < 4.78 is 7.45. The van der Waals surface area contributed by atoms with E-state index in [1.165, 1.54) is 22.7 Å². The van der Waals surface area contributed by atoms with E-state index in [-0.39, 0.29) is 5.91 Å². The lowest BCUT2D eigenvalue weighted by molar-refractivity contribution is -0.113. The minimum absolute atomic E-state index is 0.0982. The van der Waals surface area contributed by atoms with Gasteiger partial charge in [-0.05, 0) is 31.2 Å². The fraction of sp³-hybridized carbons (Fsp3) is 0.211. The van der Waals surface area contributed by atoms with Crippen molar-refractivity contribution < 1.29 is 9.53 Å². The lowest BCUT2D eigenvalue weighted by atomic mass is 10.2. The molecule has 0 aliphatic heterocycles. The second kappa shape index (κ2) is 7.85. The number of para-hydroxylation sites is 1. The SMILES string of the molecule is CCn1cc(SCC(=O)Nc2cc(Cl)ccc2OC)c2ccccc21. The zero-order valence-electron chi connectivity index (χ0n) is 14.1. The van der Waals surface area contributed by atoms with E-state index in [4.69, 9.17) is 16.3 Å². The molecule has 0 fully saturated rings. The fourth-order valence-electron chi connectivity index (χ4n) is 2.70. The summed E-state index contributed by atoms with van der Waals surface area (Å²) in [6, 6.07) is 13.4. The molecule has 1 amide bonds. The van der Waals surface area contributed by atoms with Gasteiger partial charge in [0.25, 0.3) is 0 Å². The van der Waals surface area contributed by atoms with Crippen LogP contribution in [0, 0.1) is 0 Å². The molecule has 2 aromatic carbocycles. The molecule has 130 valence electrons. The summed E-state index contributed by atoms with van der Waals surface area (Å²) >= 11 is 7.52. The Balaban J connectivity index is 1.72. The number of fused-ring (bicyclic) bond motifs is 1. The number of aryl methyl sites for hydroxylation is 1. The molecule has 25 heavy (non-hydrogen) atoms. The third kappa shape index (κ3) is 3.94. The average molecular weight is 375 g/mol. The number of thioether (sulfide) groups is 1. The normalized spacial score (nSPS) is 10.8. The van der Waals surface area contributed by atoms with Crippen molar-refractivity contribution in [2.75, 3.05) is 18.2 Å². The Kier molecular flexibility index (Phi) is 5.56. The summed E-state index contributed by atoms with van der Waals surface area (Å²) in [6.07, 6.45) is 2.10. The van der Waals surface area contributed by atoms with E-state index in [0.29, 0.717) is 22.2 Å². The molecule has 3 rings (SSSR count). The van der Waals surface area contributed by atoms with Crippen molar-refractivity contribution in [2.45, 2.75) is 18.4 Å². The quantitative estimate of drug-likeness (QED) is 0.613. The van der Waals surface area contributed by atoms with Gasteiger partial charge in [-0.25, -0.2) is 0 Å². The number of aromatic nitrogens is 1. The van der Waals surface area contributed by atoms with E-state index in [1.807, 2.05) is 12.1 Å². The fourth-order valence-corrected chi connectivity index (χ4v) is 3.76. The predicted octanol–water partition coefficient (Wildman–Crippen LogP) is 5.05. The van der Waals surface area contributed by atoms with Crippen LogP contribution >= 0.6 is 23.4 Å². The van der Waals surface area contributed by atoms with Gasteiger partial charge in [0, 0.05) is 33.6 Å². The molecule has 0 unspecified atom stereocenters. The Morgan fingerprint density at radius 1 is 1.28 bits per heavy atom. The first-order valence-corrected chi connectivity index (χ1v) is 9.32. The molecule has 0 bridgehead atoms. The van der Waals surface area contributed by atoms with Gasteiger partial charge in [0.05, 0.1) is 18.6 Å². The van der Waals surface area contributed by atoms with E-state index in [2.05, 4.69) is 35.1 Å². The highest BCUT2D eigenvalue weighted by Gasteiger charge is 2.12.